The van der Waals surface area contributed by atoms with Gasteiger partial charge in [0.25, 0.3) is 0 Å². The Morgan fingerprint density at radius 1 is 1.50 bits per heavy atom. The number of hydrogen-bond donors (Lipinski definition) is 1. The summed E-state index contributed by atoms with van der Waals surface area (Å²) in [6.07, 6.45) is 5.23. The summed E-state index contributed by atoms with van der Waals surface area (Å²) in [6, 6.07) is 3.78. The van der Waals surface area contributed by atoms with Crippen molar-refractivity contribution < 1.29 is 9.90 Å². The summed E-state index contributed by atoms with van der Waals surface area (Å²) in [5, 5.41) is 8.81. The van der Waals surface area contributed by atoms with Crippen LogP contribution in [0, 0.1) is 5.92 Å². The number of rotatable bonds is 2. The molecule has 0 saturated carbocycles. The number of aromatic nitrogens is 1. The normalized spacial score (nSPS) is 20.6. The largest absolute Gasteiger partial charge is 0.481 e. The summed E-state index contributed by atoms with van der Waals surface area (Å²) in [5.74, 6) is -0.461. The third-order valence-electron chi connectivity index (χ3n) is 2.05. The van der Waals surface area contributed by atoms with Crippen LogP contribution in [0.3, 0.4) is 0 Å². The lowest BCUT2D eigenvalue weighted by molar-refractivity contribution is -0.139. The van der Waals surface area contributed by atoms with Gasteiger partial charge in [-0.3, -0.25) is 9.78 Å². The molecule has 0 radical (unpaired) electrons. The minimum atomic E-state index is -0.749. The zero-order valence-electron chi connectivity index (χ0n) is 7.38. The SMILES string of the molecule is O=C(O)C1C=C(c2ccncc2)SC1. The Morgan fingerprint density at radius 3 is 2.79 bits per heavy atom. The van der Waals surface area contributed by atoms with E-state index in [-0.39, 0.29) is 5.92 Å². The minimum Gasteiger partial charge on any atom is -0.481 e. The first-order chi connectivity index (χ1) is 6.77. The van der Waals surface area contributed by atoms with Crippen molar-refractivity contribution >= 4 is 22.6 Å². The molecule has 2 rings (SSSR count). The molecule has 1 aliphatic heterocycles. The summed E-state index contributed by atoms with van der Waals surface area (Å²) < 4.78 is 0. The van der Waals surface area contributed by atoms with E-state index in [0.29, 0.717) is 5.75 Å². The van der Waals surface area contributed by atoms with E-state index in [4.69, 9.17) is 5.11 Å². The number of hydrogen-bond acceptors (Lipinski definition) is 3. The Kier molecular flexibility index (Phi) is 2.54. The van der Waals surface area contributed by atoms with Crippen molar-refractivity contribution in [3.63, 3.8) is 0 Å². The quantitative estimate of drug-likeness (QED) is 0.804. The molecule has 1 N–H and O–H groups in total. The van der Waals surface area contributed by atoms with Gasteiger partial charge in [-0.25, -0.2) is 0 Å². The van der Waals surface area contributed by atoms with Crippen LogP contribution in [-0.2, 0) is 4.79 Å². The fourth-order valence-electron chi connectivity index (χ4n) is 1.30. The molecule has 72 valence electrons. The maximum absolute atomic E-state index is 10.7. The van der Waals surface area contributed by atoms with E-state index in [0.717, 1.165) is 10.5 Å². The van der Waals surface area contributed by atoms with Gasteiger partial charge in [-0.2, -0.15) is 0 Å². The molecule has 1 aliphatic rings. The first-order valence-corrected chi connectivity index (χ1v) is 5.24. The van der Waals surface area contributed by atoms with Crippen molar-refractivity contribution in [1.29, 1.82) is 0 Å². The predicted molar refractivity (Wildman–Crippen MR) is 55.8 cm³/mol. The van der Waals surface area contributed by atoms with Crippen LogP contribution in [0.25, 0.3) is 4.91 Å². The number of pyridine rings is 1. The van der Waals surface area contributed by atoms with Crippen LogP contribution in [0.15, 0.2) is 30.6 Å². The van der Waals surface area contributed by atoms with E-state index in [1.54, 1.807) is 24.2 Å². The van der Waals surface area contributed by atoms with Crippen molar-refractivity contribution in [1.82, 2.24) is 4.98 Å². The highest BCUT2D eigenvalue weighted by Crippen LogP contribution is 2.36. The summed E-state index contributed by atoms with van der Waals surface area (Å²) >= 11 is 1.58. The summed E-state index contributed by atoms with van der Waals surface area (Å²) in [5.41, 5.74) is 1.05. The molecule has 0 saturated heterocycles. The maximum Gasteiger partial charge on any atom is 0.311 e. The summed E-state index contributed by atoms with van der Waals surface area (Å²) in [6.45, 7) is 0. The first-order valence-electron chi connectivity index (χ1n) is 4.25. The van der Waals surface area contributed by atoms with E-state index in [1.807, 2.05) is 18.2 Å². The van der Waals surface area contributed by atoms with Crippen LogP contribution in [0.1, 0.15) is 5.56 Å². The third kappa shape index (κ3) is 1.80. The van der Waals surface area contributed by atoms with Crippen LogP contribution in [0.4, 0.5) is 0 Å². The van der Waals surface area contributed by atoms with E-state index in [2.05, 4.69) is 4.98 Å². The first kappa shape index (κ1) is 9.27. The van der Waals surface area contributed by atoms with Gasteiger partial charge in [-0.05, 0) is 17.7 Å². The molecule has 0 aliphatic carbocycles. The van der Waals surface area contributed by atoms with Crippen LogP contribution >= 0.6 is 11.8 Å². The molecule has 14 heavy (non-hydrogen) atoms. The van der Waals surface area contributed by atoms with E-state index in [9.17, 15) is 4.79 Å². The molecule has 1 aromatic rings. The third-order valence-corrected chi connectivity index (χ3v) is 3.26. The second-order valence-corrected chi connectivity index (χ2v) is 4.08. The van der Waals surface area contributed by atoms with Gasteiger partial charge >= 0.3 is 5.97 Å². The van der Waals surface area contributed by atoms with Gasteiger partial charge < -0.3 is 5.11 Å². The highest BCUT2D eigenvalue weighted by atomic mass is 32.2. The fourth-order valence-corrected chi connectivity index (χ4v) is 2.46. The lowest BCUT2D eigenvalue weighted by Gasteiger charge is -1.98. The van der Waals surface area contributed by atoms with Crippen LogP contribution < -0.4 is 0 Å². The molecule has 0 bridgehead atoms. The van der Waals surface area contributed by atoms with E-state index in [1.165, 1.54) is 0 Å². The standard InChI is InChI=1S/C10H9NO2S/c12-10(13)8-5-9(14-6-8)7-1-3-11-4-2-7/h1-5,8H,6H2,(H,12,13). The number of nitrogens with zero attached hydrogens (tertiary/aromatic N) is 1. The Labute approximate surface area is 85.9 Å². The number of carboxylic acid groups (broad SMARTS) is 1. The van der Waals surface area contributed by atoms with Gasteiger partial charge in [0, 0.05) is 23.1 Å². The van der Waals surface area contributed by atoms with Crippen molar-refractivity contribution in [3.05, 3.63) is 36.2 Å². The predicted octanol–water partition coefficient (Wildman–Crippen LogP) is 1.87. The molecule has 4 heteroatoms. The molecule has 1 aromatic heterocycles. The zero-order chi connectivity index (χ0) is 9.97. The molecule has 0 spiro atoms. The van der Waals surface area contributed by atoms with Gasteiger partial charge in [0.1, 0.15) is 0 Å². The monoisotopic (exact) mass is 207 g/mol. The van der Waals surface area contributed by atoms with Crippen molar-refractivity contribution in [2.45, 2.75) is 0 Å². The molecule has 1 atom stereocenters. The van der Waals surface area contributed by atoms with E-state index < -0.39 is 5.97 Å². The van der Waals surface area contributed by atoms with Crippen molar-refractivity contribution in [2.24, 2.45) is 5.92 Å². The molecule has 3 nitrogen and oxygen atoms in total. The average Bonchev–Trinajstić information content (AvgIpc) is 2.68. The highest BCUT2D eigenvalue weighted by Gasteiger charge is 2.23. The van der Waals surface area contributed by atoms with Crippen LogP contribution in [0.2, 0.25) is 0 Å². The smallest absolute Gasteiger partial charge is 0.311 e. The summed E-state index contributed by atoms with van der Waals surface area (Å²) in [7, 11) is 0. The Morgan fingerprint density at radius 2 is 2.21 bits per heavy atom. The lowest BCUT2D eigenvalue weighted by Crippen LogP contribution is -2.10. The molecule has 0 fully saturated rings. The van der Waals surface area contributed by atoms with Crippen LogP contribution in [-0.4, -0.2) is 21.8 Å². The van der Waals surface area contributed by atoms with E-state index >= 15 is 0 Å². The minimum absolute atomic E-state index is 0.344. The molecule has 0 aromatic carbocycles. The molecular formula is C10H9NO2S. The lowest BCUT2D eigenvalue weighted by atomic mass is 10.1. The number of aliphatic carboxylic acids is 1. The Hall–Kier alpha value is -1.29. The van der Waals surface area contributed by atoms with Gasteiger partial charge in [0.2, 0.25) is 0 Å². The van der Waals surface area contributed by atoms with Gasteiger partial charge in [-0.15, -0.1) is 11.8 Å². The zero-order valence-corrected chi connectivity index (χ0v) is 8.20. The van der Waals surface area contributed by atoms with Crippen LogP contribution in [0.5, 0.6) is 0 Å². The van der Waals surface area contributed by atoms with Gasteiger partial charge in [0.05, 0.1) is 5.92 Å². The topological polar surface area (TPSA) is 50.2 Å². The molecule has 1 unspecified atom stereocenters. The average molecular weight is 207 g/mol. The van der Waals surface area contributed by atoms with Crippen molar-refractivity contribution in [3.8, 4) is 0 Å². The van der Waals surface area contributed by atoms with Gasteiger partial charge in [-0.1, -0.05) is 6.08 Å². The Balaban J connectivity index is 2.22. The molecular weight excluding hydrogens is 198 g/mol. The highest BCUT2D eigenvalue weighted by molar-refractivity contribution is 8.08. The number of thioether (sulfide) groups is 1. The van der Waals surface area contributed by atoms with Crippen molar-refractivity contribution in [2.75, 3.05) is 5.75 Å². The second kappa shape index (κ2) is 3.84. The second-order valence-electron chi connectivity index (χ2n) is 3.02. The Bertz CT molecular complexity index is 375. The summed E-state index contributed by atoms with van der Waals surface area (Å²) in [4.78, 5) is 15.7. The molecule has 0 amide bonds. The van der Waals surface area contributed by atoms with Gasteiger partial charge in [0.15, 0.2) is 0 Å². The molecule has 2 heterocycles. The number of carbonyl (C=O) groups is 1. The fraction of sp³-hybridized carbons (Fsp3) is 0.200. The maximum atomic E-state index is 10.7. The number of carboxylic acids is 1.